The van der Waals surface area contributed by atoms with Gasteiger partial charge in [-0.3, -0.25) is 10.1 Å². The summed E-state index contributed by atoms with van der Waals surface area (Å²) >= 11 is 0. The summed E-state index contributed by atoms with van der Waals surface area (Å²) in [6.45, 7) is 2.52. The van der Waals surface area contributed by atoms with Crippen LogP contribution in [0.3, 0.4) is 0 Å². The number of nitrogens with zero attached hydrogens (tertiary/aromatic N) is 2. The number of amidine groups is 1. The molecule has 0 bridgehead atoms. The number of rotatable bonds is 4. The summed E-state index contributed by atoms with van der Waals surface area (Å²) < 4.78 is 45.1. The maximum absolute atomic E-state index is 12.7. The number of hydrogen-bond donors (Lipinski definition) is 2. The van der Waals surface area contributed by atoms with Gasteiger partial charge in [0.25, 0.3) is 0 Å². The van der Waals surface area contributed by atoms with Crippen molar-refractivity contribution in [3.05, 3.63) is 41.7 Å². The second-order valence-corrected chi connectivity index (χ2v) is 4.26. The third kappa shape index (κ3) is 3.33. The predicted molar refractivity (Wildman–Crippen MR) is 70.4 cm³/mol. The van der Waals surface area contributed by atoms with Gasteiger partial charge >= 0.3 is 6.18 Å². The first kappa shape index (κ1) is 14.9. The fourth-order valence-electron chi connectivity index (χ4n) is 1.70. The molecule has 0 aliphatic rings. The van der Waals surface area contributed by atoms with Crippen LogP contribution in [0.25, 0.3) is 0 Å². The molecular weight excluding hydrogens is 285 g/mol. The molecule has 0 amide bonds. The lowest BCUT2D eigenvalue weighted by atomic mass is 10.1. The Morgan fingerprint density at radius 2 is 2.14 bits per heavy atom. The van der Waals surface area contributed by atoms with Gasteiger partial charge in [-0.05, 0) is 25.1 Å². The van der Waals surface area contributed by atoms with Crippen LogP contribution in [0.5, 0.6) is 11.5 Å². The van der Waals surface area contributed by atoms with Gasteiger partial charge in [0.2, 0.25) is 0 Å². The minimum absolute atomic E-state index is 0.0751. The first-order chi connectivity index (χ1) is 9.81. The van der Waals surface area contributed by atoms with Crippen LogP contribution in [-0.2, 0) is 12.7 Å². The smallest absolute Gasteiger partial charge is 0.416 e. The van der Waals surface area contributed by atoms with Crippen molar-refractivity contribution in [3.63, 3.8) is 0 Å². The van der Waals surface area contributed by atoms with Crippen LogP contribution in [0.4, 0.5) is 13.2 Å². The van der Waals surface area contributed by atoms with E-state index in [1.54, 1.807) is 10.9 Å². The minimum atomic E-state index is -4.50. The zero-order valence-electron chi connectivity index (χ0n) is 11.1. The zero-order chi connectivity index (χ0) is 15.6. The van der Waals surface area contributed by atoms with Crippen molar-refractivity contribution >= 4 is 5.84 Å². The minimum Gasteiger partial charge on any atom is -0.453 e. The lowest BCUT2D eigenvalue weighted by Gasteiger charge is -2.12. The van der Waals surface area contributed by atoms with Crippen molar-refractivity contribution in [2.24, 2.45) is 5.73 Å². The van der Waals surface area contributed by atoms with E-state index in [0.29, 0.717) is 12.3 Å². The van der Waals surface area contributed by atoms with E-state index in [0.717, 1.165) is 18.2 Å². The van der Waals surface area contributed by atoms with Crippen LogP contribution in [-0.4, -0.2) is 15.6 Å². The molecule has 0 aliphatic heterocycles. The Bertz CT molecular complexity index is 664. The number of benzene rings is 1. The largest absolute Gasteiger partial charge is 0.453 e. The highest BCUT2D eigenvalue weighted by molar-refractivity contribution is 5.98. The number of nitrogens with one attached hydrogen (secondary N) is 1. The molecule has 0 atom stereocenters. The first-order valence-corrected chi connectivity index (χ1v) is 6.07. The van der Waals surface area contributed by atoms with E-state index in [9.17, 15) is 13.2 Å². The molecule has 2 rings (SSSR count). The van der Waals surface area contributed by atoms with Crippen LogP contribution in [0, 0.1) is 5.41 Å². The van der Waals surface area contributed by atoms with Crippen molar-refractivity contribution in [2.45, 2.75) is 19.6 Å². The predicted octanol–water partition coefficient (Wildman–Crippen LogP) is 3.00. The summed E-state index contributed by atoms with van der Waals surface area (Å²) in [4.78, 5) is 0. The molecule has 112 valence electrons. The van der Waals surface area contributed by atoms with Crippen LogP contribution in [0.2, 0.25) is 0 Å². The molecule has 1 aromatic carbocycles. The first-order valence-electron chi connectivity index (χ1n) is 6.07. The molecule has 0 spiro atoms. The van der Waals surface area contributed by atoms with Gasteiger partial charge in [-0.2, -0.15) is 18.3 Å². The Balaban J connectivity index is 2.36. The van der Waals surface area contributed by atoms with E-state index in [4.69, 9.17) is 15.9 Å². The number of halogens is 3. The van der Waals surface area contributed by atoms with Gasteiger partial charge < -0.3 is 10.5 Å². The van der Waals surface area contributed by atoms with E-state index >= 15 is 0 Å². The molecule has 0 unspecified atom stereocenters. The fourth-order valence-corrected chi connectivity index (χ4v) is 1.70. The molecule has 8 heteroatoms. The molecule has 2 aromatic rings. The average Bonchev–Trinajstić information content (AvgIpc) is 2.85. The summed E-state index contributed by atoms with van der Waals surface area (Å²) in [5.41, 5.74) is 4.33. The average molecular weight is 298 g/mol. The van der Waals surface area contributed by atoms with Crippen molar-refractivity contribution in [1.82, 2.24) is 9.78 Å². The molecule has 0 saturated heterocycles. The molecule has 0 fully saturated rings. The van der Waals surface area contributed by atoms with Crippen LogP contribution in [0.1, 0.15) is 18.1 Å². The van der Waals surface area contributed by atoms with Gasteiger partial charge in [0.15, 0.2) is 5.75 Å². The van der Waals surface area contributed by atoms with E-state index in [1.165, 1.54) is 6.20 Å². The molecule has 0 saturated carbocycles. The van der Waals surface area contributed by atoms with E-state index in [-0.39, 0.29) is 11.3 Å². The van der Waals surface area contributed by atoms with Crippen molar-refractivity contribution < 1.29 is 17.9 Å². The van der Waals surface area contributed by atoms with Crippen LogP contribution < -0.4 is 10.5 Å². The van der Waals surface area contributed by atoms with E-state index < -0.39 is 17.6 Å². The second-order valence-electron chi connectivity index (χ2n) is 4.26. The summed E-state index contributed by atoms with van der Waals surface area (Å²) in [5, 5.41) is 11.4. The maximum atomic E-state index is 12.7. The van der Waals surface area contributed by atoms with Gasteiger partial charge in [-0.25, -0.2) is 0 Å². The number of nitrogen functional groups attached to an aromatic ring is 1. The topological polar surface area (TPSA) is 76.9 Å². The van der Waals surface area contributed by atoms with E-state index in [2.05, 4.69) is 5.10 Å². The number of alkyl halides is 3. The molecule has 5 nitrogen and oxygen atoms in total. The quantitative estimate of drug-likeness (QED) is 0.673. The molecule has 0 radical (unpaired) electrons. The Morgan fingerprint density at radius 3 is 2.67 bits per heavy atom. The lowest BCUT2D eigenvalue weighted by Crippen LogP contribution is -2.14. The van der Waals surface area contributed by atoms with Crippen LogP contribution >= 0.6 is 0 Å². The van der Waals surface area contributed by atoms with Crippen LogP contribution in [0.15, 0.2) is 30.6 Å². The standard InChI is InChI=1S/C13H13F3N4O/c1-2-20-7-9(6-19-20)21-11-4-3-8(13(14,15)16)5-10(11)12(17)18/h3-7H,2H2,1H3,(H3,17,18). The van der Waals surface area contributed by atoms with Gasteiger partial charge in [-0.15, -0.1) is 0 Å². The summed E-state index contributed by atoms with van der Waals surface area (Å²) in [6.07, 6.45) is -1.47. The second kappa shape index (κ2) is 5.47. The highest BCUT2D eigenvalue weighted by Gasteiger charge is 2.31. The Morgan fingerprint density at radius 1 is 1.43 bits per heavy atom. The summed E-state index contributed by atoms with van der Waals surface area (Å²) in [6, 6.07) is 2.82. The van der Waals surface area contributed by atoms with Gasteiger partial charge in [0.1, 0.15) is 11.6 Å². The van der Waals surface area contributed by atoms with E-state index in [1.807, 2.05) is 6.92 Å². The SMILES string of the molecule is CCn1cc(Oc2ccc(C(F)(F)F)cc2C(=N)N)cn1. The lowest BCUT2D eigenvalue weighted by molar-refractivity contribution is -0.137. The molecule has 1 heterocycles. The Kier molecular flexibility index (Phi) is 3.88. The Hall–Kier alpha value is -2.51. The maximum Gasteiger partial charge on any atom is 0.416 e. The molecular formula is C13H13F3N4O. The number of ether oxygens (including phenoxy) is 1. The zero-order valence-corrected chi connectivity index (χ0v) is 11.1. The monoisotopic (exact) mass is 298 g/mol. The molecule has 21 heavy (non-hydrogen) atoms. The van der Waals surface area contributed by atoms with Crippen molar-refractivity contribution in [1.29, 1.82) is 5.41 Å². The number of hydrogen-bond acceptors (Lipinski definition) is 3. The third-order valence-electron chi connectivity index (χ3n) is 2.76. The normalized spacial score (nSPS) is 11.4. The third-order valence-corrected chi connectivity index (χ3v) is 2.76. The molecule has 0 aliphatic carbocycles. The highest BCUT2D eigenvalue weighted by Crippen LogP contribution is 2.33. The van der Waals surface area contributed by atoms with Crippen molar-refractivity contribution in [2.75, 3.05) is 0 Å². The number of nitrogens with two attached hydrogens (primary N) is 1. The molecule has 3 N–H and O–H groups in total. The van der Waals surface area contributed by atoms with Crippen molar-refractivity contribution in [3.8, 4) is 11.5 Å². The Labute approximate surface area is 118 Å². The highest BCUT2D eigenvalue weighted by atomic mass is 19.4. The summed E-state index contributed by atoms with van der Waals surface area (Å²) in [7, 11) is 0. The summed E-state index contributed by atoms with van der Waals surface area (Å²) in [5.74, 6) is -0.0655. The van der Waals surface area contributed by atoms with Gasteiger partial charge in [0, 0.05) is 6.54 Å². The van der Waals surface area contributed by atoms with Gasteiger partial charge in [-0.1, -0.05) is 0 Å². The molecule has 1 aromatic heterocycles. The number of aryl methyl sites for hydroxylation is 1. The fraction of sp³-hybridized carbons (Fsp3) is 0.231. The van der Waals surface area contributed by atoms with Gasteiger partial charge in [0.05, 0.1) is 23.5 Å². The number of aromatic nitrogens is 2.